The summed E-state index contributed by atoms with van der Waals surface area (Å²) in [6.07, 6.45) is -4.47. The first-order valence-corrected chi connectivity index (χ1v) is 7.59. The fourth-order valence-corrected chi connectivity index (χ4v) is 2.80. The standard InChI is InChI=1S/C16H17F2NO6/c1-15(2,3)25-14(22)19-7-9(12(19)13(20)21)8-4-5-10-11(6-8)24-16(17,18)23-10/h4-6,9,12H,7H2,1-3H3,(H,20,21). The van der Waals surface area contributed by atoms with Crippen molar-refractivity contribution in [2.24, 2.45) is 0 Å². The van der Waals surface area contributed by atoms with Crippen LogP contribution in [0.5, 0.6) is 11.5 Å². The third kappa shape index (κ3) is 3.31. The Hall–Kier alpha value is -2.58. The second-order valence-corrected chi connectivity index (χ2v) is 6.90. The lowest BCUT2D eigenvalue weighted by Crippen LogP contribution is -2.61. The van der Waals surface area contributed by atoms with Crippen LogP contribution in [0.4, 0.5) is 13.6 Å². The van der Waals surface area contributed by atoms with Crippen LogP contribution in [0.25, 0.3) is 0 Å². The largest absolute Gasteiger partial charge is 0.586 e. The highest BCUT2D eigenvalue weighted by atomic mass is 19.3. The Balaban J connectivity index is 1.78. The molecule has 2 unspecified atom stereocenters. The van der Waals surface area contributed by atoms with Crippen LogP contribution >= 0.6 is 0 Å². The minimum atomic E-state index is -3.74. The summed E-state index contributed by atoms with van der Waals surface area (Å²) in [5.41, 5.74) is -0.289. The fraction of sp³-hybridized carbons (Fsp3) is 0.500. The number of carboxylic acid groups (broad SMARTS) is 1. The highest BCUT2D eigenvalue weighted by Gasteiger charge is 2.50. The Bertz CT molecular complexity index is 730. The molecule has 2 atom stereocenters. The third-order valence-corrected chi connectivity index (χ3v) is 3.84. The van der Waals surface area contributed by atoms with Gasteiger partial charge in [-0.15, -0.1) is 8.78 Å². The number of carbonyl (C=O) groups excluding carboxylic acids is 1. The number of carboxylic acids is 1. The van der Waals surface area contributed by atoms with Gasteiger partial charge in [-0.1, -0.05) is 6.07 Å². The molecule has 1 amide bonds. The molecule has 7 nitrogen and oxygen atoms in total. The van der Waals surface area contributed by atoms with Crippen molar-refractivity contribution >= 4 is 12.1 Å². The fourth-order valence-electron chi connectivity index (χ4n) is 2.80. The molecule has 0 bridgehead atoms. The smallest absolute Gasteiger partial charge is 0.480 e. The first-order chi connectivity index (χ1) is 11.5. The number of hydrogen-bond donors (Lipinski definition) is 1. The first-order valence-electron chi connectivity index (χ1n) is 7.59. The van der Waals surface area contributed by atoms with E-state index in [9.17, 15) is 23.5 Å². The summed E-state index contributed by atoms with van der Waals surface area (Å²) >= 11 is 0. The molecule has 1 aromatic rings. The number of likely N-dealkylation sites (tertiary alicyclic amines) is 1. The monoisotopic (exact) mass is 357 g/mol. The predicted molar refractivity (Wildman–Crippen MR) is 79.7 cm³/mol. The average Bonchev–Trinajstić information content (AvgIpc) is 2.67. The number of benzene rings is 1. The molecular formula is C16H17F2NO6. The van der Waals surface area contributed by atoms with E-state index in [4.69, 9.17) is 4.74 Å². The number of ether oxygens (including phenoxy) is 3. The molecule has 25 heavy (non-hydrogen) atoms. The molecule has 136 valence electrons. The Kier molecular flexibility index (Phi) is 3.77. The molecule has 1 aromatic carbocycles. The zero-order valence-electron chi connectivity index (χ0n) is 13.8. The van der Waals surface area contributed by atoms with Crippen molar-refractivity contribution in [2.75, 3.05) is 6.54 Å². The van der Waals surface area contributed by atoms with E-state index >= 15 is 0 Å². The molecule has 1 fully saturated rings. The molecular weight excluding hydrogens is 340 g/mol. The van der Waals surface area contributed by atoms with Crippen molar-refractivity contribution < 1.29 is 37.7 Å². The molecule has 2 heterocycles. The molecule has 3 rings (SSSR count). The van der Waals surface area contributed by atoms with E-state index in [0.717, 1.165) is 4.90 Å². The summed E-state index contributed by atoms with van der Waals surface area (Å²) in [6.45, 7) is 5.13. The number of rotatable bonds is 2. The number of aliphatic carboxylic acids is 1. The Morgan fingerprint density at radius 1 is 1.28 bits per heavy atom. The lowest BCUT2D eigenvalue weighted by Gasteiger charge is -2.45. The van der Waals surface area contributed by atoms with Crippen molar-refractivity contribution in [1.82, 2.24) is 4.90 Å². The van der Waals surface area contributed by atoms with Crippen molar-refractivity contribution in [3.8, 4) is 11.5 Å². The summed E-state index contributed by atoms with van der Waals surface area (Å²) < 4.78 is 40.1. The number of alkyl halides is 2. The second-order valence-electron chi connectivity index (χ2n) is 6.90. The van der Waals surface area contributed by atoms with Gasteiger partial charge in [-0.05, 0) is 38.5 Å². The molecule has 2 aliphatic rings. The van der Waals surface area contributed by atoms with E-state index in [1.165, 1.54) is 18.2 Å². The Morgan fingerprint density at radius 3 is 2.52 bits per heavy atom. The van der Waals surface area contributed by atoms with Crippen molar-refractivity contribution in [1.29, 1.82) is 0 Å². The molecule has 0 spiro atoms. The van der Waals surface area contributed by atoms with Crippen LogP contribution in [0, 0.1) is 0 Å². The third-order valence-electron chi connectivity index (χ3n) is 3.84. The molecule has 0 aliphatic carbocycles. The van der Waals surface area contributed by atoms with E-state index in [0.29, 0.717) is 5.56 Å². The van der Waals surface area contributed by atoms with Crippen LogP contribution in [-0.4, -0.2) is 46.6 Å². The molecule has 0 saturated carbocycles. The van der Waals surface area contributed by atoms with Crippen molar-refractivity contribution in [2.45, 2.75) is 44.6 Å². The number of hydrogen-bond acceptors (Lipinski definition) is 5. The number of nitrogens with zero attached hydrogens (tertiary/aromatic N) is 1. The number of halogens is 2. The van der Waals surface area contributed by atoms with E-state index in [1.807, 2.05) is 0 Å². The molecule has 2 aliphatic heterocycles. The lowest BCUT2D eigenvalue weighted by molar-refractivity contribution is -0.286. The van der Waals surface area contributed by atoms with Crippen LogP contribution in [0.2, 0.25) is 0 Å². The molecule has 1 N–H and O–H groups in total. The topological polar surface area (TPSA) is 85.3 Å². The zero-order chi connectivity index (χ0) is 18.6. The second kappa shape index (κ2) is 5.47. The van der Waals surface area contributed by atoms with Gasteiger partial charge in [0.1, 0.15) is 11.6 Å². The van der Waals surface area contributed by atoms with Gasteiger partial charge in [0.05, 0.1) is 0 Å². The first kappa shape index (κ1) is 17.2. The van der Waals surface area contributed by atoms with E-state index in [1.54, 1.807) is 20.8 Å². The highest BCUT2D eigenvalue weighted by molar-refractivity contribution is 5.84. The Labute approximate surface area is 142 Å². The van der Waals surface area contributed by atoms with E-state index in [2.05, 4.69) is 9.47 Å². The summed E-state index contributed by atoms with van der Waals surface area (Å²) in [4.78, 5) is 24.8. The molecule has 0 radical (unpaired) electrons. The predicted octanol–water partition coefficient (Wildman–Crippen LogP) is 2.80. The van der Waals surface area contributed by atoms with Crippen LogP contribution in [0.1, 0.15) is 32.3 Å². The lowest BCUT2D eigenvalue weighted by atomic mass is 9.82. The normalized spacial score (nSPS) is 23.8. The van der Waals surface area contributed by atoms with Crippen LogP contribution < -0.4 is 9.47 Å². The SMILES string of the molecule is CC(C)(C)OC(=O)N1CC(c2ccc3c(c2)OC(F)(F)O3)C1C(=O)O. The van der Waals surface area contributed by atoms with Crippen LogP contribution in [0.3, 0.4) is 0 Å². The van der Waals surface area contributed by atoms with Gasteiger partial charge in [0.15, 0.2) is 11.5 Å². The summed E-state index contributed by atoms with van der Waals surface area (Å²) in [6, 6.07) is 2.94. The van der Waals surface area contributed by atoms with Gasteiger partial charge >= 0.3 is 18.4 Å². The minimum Gasteiger partial charge on any atom is -0.480 e. The number of fused-ring (bicyclic) bond motifs is 1. The summed E-state index contributed by atoms with van der Waals surface area (Å²) in [5.74, 6) is -2.05. The van der Waals surface area contributed by atoms with E-state index < -0.39 is 35.9 Å². The van der Waals surface area contributed by atoms with Gasteiger partial charge < -0.3 is 19.3 Å². The van der Waals surface area contributed by atoms with Gasteiger partial charge in [0, 0.05) is 12.5 Å². The maximum atomic E-state index is 13.1. The molecule has 0 aromatic heterocycles. The van der Waals surface area contributed by atoms with Gasteiger partial charge in [-0.3, -0.25) is 4.90 Å². The van der Waals surface area contributed by atoms with Crippen LogP contribution in [0.15, 0.2) is 18.2 Å². The maximum absolute atomic E-state index is 13.1. The Morgan fingerprint density at radius 2 is 1.92 bits per heavy atom. The maximum Gasteiger partial charge on any atom is 0.586 e. The zero-order valence-corrected chi connectivity index (χ0v) is 13.8. The number of carbonyl (C=O) groups is 2. The van der Waals surface area contributed by atoms with Crippen molar-refractivity contribution in [3.05, 3.63) is 23.8 Å². The number of amides is 1. The van der Waals surface area contributed by atoms with Gasteiger partial charge in [0.25, 0.3) is 0 Å². The van der Waals surface area contributed by atoms with Crippen LogP contribution in [-0.2, 0) is 9.53 Å². The quantitative estimate of drug-likeness (QED) is 0.876. The molecule has 1 saturated heterocycles. The van der Waals surface area contributed by atoms with E-state index in [-0.39, 0.29) is 18.0 Å². The summed E-state index contributed by atoms with van der Waals surface area (Å²) in [5, 5.41) is 9.43. The van der Waals surface area contributed by atoms with Gasteiger partial charge in [-0.25, -0.2) is 9.59 Å². The van der Waals surface area contributed by atoms with Gasteiger partial charge in [-0.2, -0.15) is 0 Å². The average molecular weight is 357 g/mol. The van der Waals surface area contributed by atoms with Crippen molar-refractivity contribution in [3.63, 3.8) is 0 Å². The minimum absolute atomic E-state index is 0.0991. The highest BCUT2D eigenvalue weighted by Crippen LogP contribution is 2.44. The summed E-state index contributed by atoms with van der Waals surface area (Å²) in [7, 11) is 0. The van der Waals surface area contributed by atoms with Gasteiger partial charge in [0.2, 0.25) is 0 Å². The molecule has 9 heteroatoms.